The molecule has 0 saturated heterocycles. The maximum absolute atomic E-state index is 6.01. The first-order valence-corrected chi connectivity index (χ1v) is 9.33. The maximum Gasteiger partial charge on any atom is 0.213 e. The summed E-state index contributed by atoms with van der Waals surface area (Å²) < 4.78 is 10.6. The second-order valence-corrected chi connectivity index (χ2v) is 6.98. The van der Waals surface area contributed by atoms with Crippen LogP contribution >= 0.6 is 11.9 Å². The predicted octanol–water partition coefficient (Wildman–Crippen LogP) is 4.07. The van der Waals surface area contributed by atoms with Crippen LogP contribution in [0.1, 0.15) is 37.7 Å². The molecule has 1 saturated carbocycles. The van der Waals surface area contributed by atoms with Crippen LogP contribution in [0.15, 0.2) is 41.1 Å². The van der Waals surface area contributed by atoms with Crippen LogP contribution in [-0.2, 0) is 0 Å². The zero-order chi connectivity index (χ0) is 15.5. The molecule has 0 amide bonds. The number of pyridine rings is 1. The zero-order valence-corrected chi connectivity index (χ0v) is 14.0. The highest BCUT2D eigenvalue weighted by molar-refractivity contribution is 7.98. The summed E-state index contributed by atoms with van der Waals surface area (Å²) in [6, 6.07) is 4.08. The van der Waals surface area contributed by atoms with E-state index < -0.39 is 0 Å². The molecule has 0 spiro atoms. The summed E-state index contributed by atoms with van der Waals surface area (Å²) in [7, 11) is 0. The van der Waals surface area contributed by atoms with Crippen molar-refractivity contribution in [2.75, 3.05) is 12.3 Å². The Labute approximate surface area is 141 Å². The van der Waals surface area contributed by atoms with E-state index in [1.807, 2.05) is 12.3 Å². The average Bonchev–Trinajstić information content (AvgIpc) is 2.63. The molecule has 23 heavy (non-hydrogen) atoms. The summed E-state index contributed by atoms with van der Waals surface area (Å²) >= 11 is 1.63. The molecule has 1 aromatic rings. The van der Waals surface area contributed by atoms with Crippen LogP contribution in [0.5, 0.6) is 5.88 Å². The highest BCUT2D eigenvalue weighted by Crippen LogP contribution is 2.28. The van der Waals surface area contributed by atoms with Gasteiger partial charge in [0.15, 0.2) is 0 Å². The Bertz CT molecular complexity index is 645. The number of aromatic nitrogens is 1. The van der Waals surface area contributed by atoms with E-state index in [1.54, 1.807) is 11.9 Å². The lowest BCUT2D eigenvalue weighted by molar-refractivity contribution is 0.148. The minimum atomic E-state index is 0.341. The van der Waals surface area contributed by atoms with Crippen LogP contribution in [0, 0.1) is 0 Å². The topological polar surface area (TPSA) is 37.7 Å². The lowest BCUT2D eigenvalue weighted by Crippen LogP contribution is -2.32. The van der Waals surface area contributed by atoms with Crippen LogP contribution in [-0.4, -0.2) is 34.1 Å². The van der Waals surface area contributed by atoms with Gasteiger partial charge in [0.25, 0.3) is 0 Å². The smallest absolute Gasteiger partial charge is 0.213 e. The van der Waals surface area contributed by atoms with E-state index in [0.29, 0.717) is 6.10 Å². The minimum Gasteiger partial charge on any atom is -0.474 e. The number of hydrogen-bond donors (Lipinski definition) is 0. The first kappa shape index (κ1) is 14.8. The SMILES string of the molecule is C1=CN2CCSN=C2C(c2ccc(OC3CCCCC3)nc2)=C1. The Morgan fingerprint density at radius 3 is 2.91 bits per heavy atom. The fourth-order valence-corrected chi connectivity index (χ4v) is 3.95. The maximum atomic E-state index is 6.01. The van der Waals surface area contributed by atoms with Gasteiger partial charge in [-0.1, -0.05) is 6.42 Å². The fraction of sp³-hybridized carbons (Fsp3) is 0.444. The highest BCUT2D eigenvalue weighted by Gasteiger charge is 2.22. The molecule has 1 aromatic heterocycles. The van der Waals surface area contributed by atoms with Gasteiger partial charge in [-0.3, -0.25) is 0 Å². The summed E-state index contributed by atoms with van der Waals surface area (Å²) in [6.45, 7) is 1.01. The second kappa shape index (κ2) is 6.79. The Morgan fingerprint density at radius 2 is 2.09 bits per heavy atom. The Kier molecular flexibility index (Phi) is 4.37. The third-order valence-corrected chi connectivity index (χ3v) is 5.17. The van der Waals surface area contributed by atoms with Crippen molar-refractivity contribution < 1.29 is 4.74 Å². The quantitative estimate of drug-likeness (QED) is 0.785. The molecule has 0 atom stereocenters. The van der Waals surface area contributed by atoms with Gasteiger partial charge in [0, 0.05) is 41.9 Å². The summed E-state index contributed by atoms with van der Waals surface area (Å²) in [5.41, 5.74) is 2.23. The summed E-state index contributed by atoms with van der Waals surface area (Å²) in [5, 5.41) is 0. The van der Waals surface area contributed by atoms with E-state index in [9.17, 15) is 0 Å². The van der Waals surface area contributed by atoms with Gasteiger partial charge in [0.2, 0.25) is 5.88 Å². The summed E-state index contributed by atoms with van der Waals surface area (Å²) in [6.07, 6.45) is 14.7. The number of fused-ring (bicyclic) bond motifs is 1. The molecule has 4 nitrogen and oxygen atoms in total. The Hall–Kier alpha value is -1.75. The van der Waals surface area contributed by atoms with Gasteiger partial charge in [0.05, 0.1) is 0 Å². The van der Waals surface area contributed by atoms with Crippen molar-refractivity contribution in [2.24, 2.45) is 4.40 Å². The van der Waals surface area contributed by atoms with Crippen molar-refractivity contribution in [1.82, 2.24) is 9.88 Å². The minimum absolute atomic E-state index is 0.341. The van der Waals surface area contributed by atoms with Gasteiger partial charge in [-0.25, -0.2) is 4.98 Å². The summed E-state index contributed by atoms with van der Waals surface area (Å²) in [5.74, 6) is 2.81. The first-order chi connectivity index (χ1) is 11.4. The molecule has 0 unspecified atom stereocenters. The van der Waals surface area contributed by atoms with E-state index in [-0.39, 0.29) is 0 Å². The third kappa shape index (κ3) is 3.29. The van der Waals surface area contributed by atoms with E-state index in [4.69, 9.17) is 4.74 Å². The molecule has 0 N–H and O–H groups in total. The molecule has 2 aliphatic heterocycles. The molecule has 1 aliphatic carbocycles. The van der Waals surface area contributed by atoms with Gasteiger partial charge in [-0.05, 0) is 55.8 Å². The molecule has 4 rings (SSSR count). The normalized spacial score (nSPS) is 21.5. The number of amidine groups is 1. The first-order valence-electron chi connectivity index (χ1n) is 8.39. The van der Waals surface area contributed by atoms with Gasteiger partial charge in [0.1, 0.15) is 11.9 Å². The van der Waals surface area contributed by atoms with Crippen LogP contribution in [0.2, 0.25) is 0 Å². The molecular weight excluding hydrogens is 306 g/mol. The van der Waals surface area contributed by atoms with Crippen LogP contribution in [0.3, 0.4) is 0 Å². The van der Waals surface area contributed by atoms with Crippen molar-refractivity contribution in [3.63, 3.8) is 0 Å². The molecule has 0 aromatic carbocycles. The number of ether oxygens (including phenoxy) is 1. The molecule has 0 bridgehead atoms. The largest absolute Gasteiger partial charge is 0.474 e. The third-order valence-electron chi connectivity index (χ3n) is 4.50. The number of nitrogens with zero attached hydrogens (tertiary/aromatic N) is 3. The van der Waals surface area contributed by atoms with Gasteiger partial charge < -0.3 is 9.64 Å². The Morgan fingerprint density at radius 1 is 1.17 bits per heavy atom. The van der Waals surface area contributed by atoms with Crippen molar-refractivity contribution in [2.45, 2.75) is 38.2 Å². The van der Waals surface area contributed by atoms with Gasteiger partial charge in [-0.15, -0.1) is 0 Å². The lowest BCUT2D eigenvalue weighted by Gasteiger charge is -2.29. The highest BCUT2D eigenvalue weighted by atomic mass is 32.2. The number of rotatable bonds is 3. The second-order valence-electron chi connectivity index (χ2n) is 6.13. The number of allylic oxidation sites excluding steroid dienone is 2. The van der Waals surface area contributed by atoms with E-state index >= 15 is 0 Å². The van der Waals surface area contributed by atoms with E-state index in [0.717, 1.165) is 48.0 Å². The van der Waals surface area contributed by atoms with Crippen molar-refractivity contribution in [3.05, 3.63) is 42.2 Å². The van der Waals surface area contributed by atoms with Gasteiger partial charge >= 0.3 is 0 Å². The predicted molar refractivity (Wildman–Crippen MR) is 95.5 cm³/mol. The number of hydrogen-bond acceptors (Lipinski definition) is 5. The molecule has 0 radical (unpaired) electrons. The zero-order valence-electron chi connectivity index (χ0n) is 13.1. The summed E-state index contributed by atoms with van der Waals surface area (Å²) in [4.78, 5) is 6.72. The van der Waals surface area contributed by atoms with Crippen molar-refractivity contribution >= 4 is 23.4 Å². The van der Waals surface area contributed by atoms with E-state index in [2.05, 4.69) is 38.7 Å². The monoisotopic (exact) mass is 327 g/mol. The molecule has 3 heterocycles. The van der Waals surface area contributed by atoms with Crippen LogP contribution < -0.4 is 4.74 Å². The lowest BCUT2D eigenvalue weighted by atomic mass is 9.98. The van der Waals surface area contributed by atoms with Crippen LogP contribution in [0.4, 0.5) is 0 Å². The van der Waals surface area contributed by atoms with E-state index in [1.165, 1.54) is 19.3 Å². The van der Waals surface area contributed by atoms with Crippen LogP contribution in [0.25, 0.3) is 5.57 Å². The molecular formula is C18H21N3OS. The van der Waals surface area contributed by atoms with Crippen molar-refractivity contribution in [1.29, 1.82) is 0 Å². The fourth-order valence-electron chi connectivity index (χ4n) is 3.26. The molecule has 120 valence electrons. The standard InChI is InChI=1S/C18H21N3OS/c1-2-5-15(6-3-1)22-17-9-8-14(13-19-17)16-7-4-10-21-11-12-23-20-18(16)21/h4,7-10,13,15H,1-3,5-6,11-12H2. The van der Waals surface area contributed by atoms with Crippen molar-refractivity contribution in [3.8, 4) is 5.88 Å². The molecule has 3 aliphatic rings. The molecule has 5 heteroatoms. The average molecular weight is 327 g/mol. The Balaban J connectivity index is 1.50. The van der Waals surface area contributed by atoms with Gasteiger partial charge in [-0.2, -0.15) is 4.40 Å². The molecule has 1 fully saturated rings.